The van der Waals surface area contributed by atoms with Crippen molar-refractivity contribution >= 4 is 17.5 Å². The number of esters is 1. The summed E-state index contributed by atoms with van der Waals surface area (Å²) in [7, 11) is 0. The number of ketones is 2. The van der Waals surface area contributed by atoms with Crippen LogP contribution in [0.15, 0.2) is 23.3 Å². The molecule has 1 fully saturated rings. The first kappa shape index (κ1) is 14.2. The zero-order valence-electron chi connectivity index (χ0n) is 12.9. The van der Waals surface area contributed by atoms with Crippen molar-refractivity contribution in [2.45, 2.75) is 34.1 Å². The van der Waals surface area contributed by atoms with Crippen LogP contribution in [0.1, 0.15) is 34.1 Å². The van der Waals surface area contributed by atoms with E-state index in [2.05, 4.69) is 0 Å². The zero-order valence-corrected chi connectivity index (χ0v) is 12.9. The number of fused-ring (bicyclic) bond motifs is 5. The average Bonchev–Trinajstić information content (AvgIpc) is 2.84. The van der Waals surface area contributed by atoms with E-state index in [9.17, 15) is 14.4 Å². The van der Waals surface area contributed by atoms with E-state index in [4.69, 9.17) is 4.74 Å². The zero-order chi connectivity index (χ0) is 15.6. The van der Waals surface area contributed by atoms with Crippen molar-refractivity contribution in [2.75, 3.05) is 6.61 Å². The molecule has 0 aromatic rings. The van der Waals surface area contributed by atoms with Crippen molar-refractivity contribution in [3.63, 3.8) is 0 Å². The maximum atomic E-state index is 12.7. The van der Waals surface area contributed by atoms with Gasteiger partial charge in [0, 0.05) is 11.3 Å². The van der Waals surface area contributed by atoms with Gasteiger partial charge in [-0.1, -0.05) is 18.1 Å². The SMILES string of the molecule is CCOC(=O)[C@@]12C[C@@](C)(C(C)=C1C)[C@H]1C(=O)C=CC(=O)[C@H]12. The van der Waals surface area contributed by atoms with Gasteiger partial charge in [0.05, 0.1) is 12.5 Å². The number of carbonyl (C=O) groups is 3. The number of hydrogen-bond acceptors (Lipinski definition) is 4. The van der Waals surface area contributed by atoms with E-state index in [1.807, 2.05) is 20.8 Å². The second-order valence-corrected chi connectivity index (χ2v) is 6.63. The fraction of sp³-hybridized carbons (Fsp3) is 0.588. The second kappa shape index (κ2) is 4.15. The quantitative estimate of drug-likeness (QED) is 0.577. The molecule has 0 saturated heterocycles. The average molecular weight is 288 g/mol. The summed E-state index contributed by atoms with van der Waals surface area (Å²) in [6.45, 7) is 7.92. The van der Waals surface area contributed by atoms with Gasteiger partial charge < -0.3 is 4.74 Å². The Morgan fingerprint density at radius 3 is 2.33 bits per heavy atom. The van der Waals surface area contributed by atoms with Crippen LogP contribution in [0.2, 0.25) is 0 Å². The molecule has 1 saturated carbocycles. The van der Waals surface area contributed by atoms with Gasteiger partial charge in [-0.2, -0.15) is 0 Å². The van der Waals surface area contributed by atoms with Crippen LogP contribution < -0.4 is 0 Å². The molecule has 0 heterocycles. The lowest BCUT2D eigenvalue weighted by molar-refractivity contribution is -0.158. The van der Waals surface area contributed by atoms with Gasteiger partial charge in [0.15, 0.2) is 11.6 Å². The Kier molecular flexibility index (Phi) is 2.81. The minimum absolute atomic E-state index is 0.0416. The third-order valence-corrected chi connectivity index (χ3v) is 5.95. The molecule has 0 radical (unpaired) electrons. The molecule has 0 N–H and O–H groups in total. The fourth-order valence-corrected chi connectivity index (χ4v) is 4.82. The third kappa shape index (κ3) is 1.43. The highest BCUT2D eigenvalue weighted by Gasteiger charge is 2.72. The minimum Gasteiger partial charge on any atom is -0.465 e. The molecule has 0 aliphatic heterocycles. The van der Waals surface area contributed by atoms with Crippen LogP contribution in [0.5, 0.6) is 0 Å². The lowest BCUT2D eigenvalue weighted by Gasteiger charge is -2.40. The molecule has 0 aromatic heterocycles. The van der Waals surface area contributed by atoms with Crippen LogP contribution >= 0.6 is 0 Å². The Morgan fingerprint density at radius 2 is 1.76 bits per heavy atom. The molecule has 2 bridgehead atoms. The molecule has 3 aliphatic carbocycles. The Labute approximate surface area is 124 Å². The van der Waals surface area contributed by atoms with E-state index < -0.39 is 22.7 Å². The normalized spacial score (nSPS) is 40.8. The maximum Gasteiger partial charge on any atom is 0.317 e. The van der Waals surface area contributed by atoms with Gasteiger partial charge in [-0.15, -0.1) is 0 Å². The van der Waals surface area contributed by atoms with Crippen LogP contribution in [0.3, 0.4) is 0 Å². The number of hydrogen-bond donors (Lipinski definition) is 0. The standard InChI is InChI=1S/C17H20O4/c1-5-21-15(20)17-8-16(4,9(2)10(17)3)13-11(18)6-7-12(19)14(13)17/h6-7,13-14H,5,8H2,1-4H3/t13-,14+,16-,17-/m0/s1. The number of carbonyl (C=O) groups excluding carboxylic acids is 3. The fourth-order valence-electron chi connectivity index (χ4n) is 4.82. The first-order valence-corrected chi connectivity index (χ1v) is 7.42. The van der Waals surface area contributed by atoms with E-state index in [0.29, 0.717) is 6.42 Å². The number of rotatable bonds is 2. The molecule has 4 nitrogen and oxygen atoms in total. The van der Waals surface area contributed by atoms with Gasteiger partial charge in [0.2, 0.25) is 0 Å². The molecular formula is C17H20O4. The highest BCUT2D eigenvalue weighted by Crippen LogP contribution is 2.70. The van der Waals surface area contributed by atoms with Gasteiger partial charge in [-0.05, 0) is 39.3 Å². The van der Waals surface area contributed by atoms with E-state index in [0.717, 1.165) is 11.1 Å². The maximum absolute atomic E-state index is 12.7. The van der Waals surface area contributed by atoms with E-state index >= 15 is 0 Å². The van der Waals surface area contributed by atoms with E-state index in [1.165, 1.54) is 12.2 Å². The summed E-state index contributed by atoms with van der Waals surface area (Å²) in [6.07, 6.45) is 3.21. The summed E-state index contributed by atoms with van der Waals surface area (Å²) < 4.78 is 5.28. The largest absolute Gasteiger partial charge is 0.465 e. The molecule has 0 amide bonds. The first-order chi connectivity index (χ1) is 9.80. The van der Waals surface area contributed by atoms with Crippen molar-refractivity contribution in [1.29, 1.82) is 0 Å². The van der Waals surface area contributed by atoms with Crippen molar-refractivity contribution in [3.05, 3.63) is 23.3 Å². The summed E-state index contributed by atoms with van der Waals surface area (Å²) in [4.78, 5) is 37.5. The molecule has 4 heteroatoms. The molecule has 0 spiro atoms. The van der Waals surface area contributed by atoms with Gasteiger partial charge in [0.1, 0.15) is 5.41 Å². The molecule has 4 atom stereocenters. The Morgan fingerprint density at radius 1 is 1.19 bits per heavy atom. The van der Waals surface area contributed by atoms with E-state index in [1.54, 1.807) is 6.92 Å². The molecule has 3 rings (SSSR count). The van der Waals surface area contributed by atoms with Crippen molar-refractivity contribution < 1.29 is 19.1 Å². The second-order valence-electron chi connectivity index (χ2n) is 6.63. The predicted molar refractivity (Wildman–Crippen MR) is 76.3 cm³/mol. The van der Waals surface area contributed by atoms with Gasteiger partial charge in [0.25, 0.3) is 0 Å². The van der Waals surface area contributed by atoms with E-state index in [-0.39, 0.29) is 24.1 Å². The smallest absolute Gasteiger partial charge is 0.317 e. The van der Waals surface area contributed by atoms with Crippen molar-refractivity contribution in [3.8, 4) is 0 Å². The molecule has 21 heavy (non-hydrogen) atoms. The summed E-state index contributed by atoms with van der Waals surface area (Å²) in [6, 6.07) is 0. The molecule has 0 unspecified atom stereocenters. The Bertz CT molecular complexity index is 627. The van der Waals surface area contributed by atoms with Gasteiger partial charge in [-0.25, -0.2) is 0 Å². The molecule has 0 aromatic carbocycles. The highest BCUT2D eigenvalue weighted by molar-refractivity contribution is 6.11. The lowest BCUT2D eigenvalue weighted by atomic mass is 9.60. The van der Waals surface area contributed by atoms with Crippen LogP contribution in [-0.4, -0.2) is 24.1 Å². The predicted octanol–water partition coefficient (Wildman–Crippen LogP) is 2.24. The van der Waals surface area contributed by atoms with Crippen LogP contribution in [0, 0.1) is 22.7 Å². The van der Waals surface area contributed by atoms with Crippen molar-refractivity contribution in [1.82, 2.24) is 0 Å². The Balaban J connectivity index is 2.24. The summed E-state index contributed by atoms with van der Waals surface area (Å²) in [5.41, 5.74) is 0.616. The summed E-state index contributed by atoms with van der Waals surface area (Å²) in [5, 5.41) is 0. The summed E-state index contributed by atoms with van der Waals surface area (Å²) >= 11 is 0. The summed E-state index contributed by atoms with van der Waals surface area (Å²) in [5.74, 6) is -1.54. The van der Waals surface area contributed by atoms with Gasteiger partial charge in [-0.3, -0.25) is 14.4 Å². The third-order valence-electron chi connectivity index (χ3n) is 5.95. The topological polar surface area (TPSA) is 60.4 Å². The van der Waals surface area contributed by atoms with Crippen molar-refractivity contribution in [2.24, 2.45) is 22.7 Å². The van der Waals surface area contributed by atoms with Gasteiger partial charge >= 0.3 is 5.97 Å². The first-order valence-electron chi connectivity index (χ1n) is 7.42. The van der Waals surface area contributed by atoms with Crippen LogP contribution in [-0.2, 0) is 19.1 Å². The minimum atomic E-state index is -0.947. The molecular weight excluding hydrogens is 268 g/mol. The highest BCUT2D eigenvalue weighted by atomic mass is 16.5. The lowest BCUT2D eigenvalue weighted by Crippen LogP contribution is -2.48. The molecule has 112 valence electrons. The monoisotopic (exact) mass is 288 g/mol. The Hall–Kier alpha value is -1.71. The van der Waals surface area contributed by atoms with Crippen LogP contribution in [0.25, 0.3) is 0 Å². The number of allylic oxidation sites excluding steroid dienone is 3. The molecule has 3 aliphatic rings. The van der Waals surface area contributed by atoms with Crippen LogP contribution in [0.4, 0.5) is 0 Å². The number of ether oxygens (including phenoxy) is 1.